The largest absolute Gasteiger partial charge is 0.482 e. The maximum atomic E-state index is 12.9. The van der Waals surface area contributed by atoms with E-state index in [0.717, 1.165) is 5.56 Å². The van der Waals surface area contributed by atoms with E-state index in [1.807, 2.05) is 0 Å². The summed E-state index contributed by atoms with van der Waals surface area (Å²) in [6.07, 6.45) is 0. The molecule has 1 N–H and O–H groups in total. The highest BCUT2D eigenvalue weighted by atomic mass is 35.5. The summed E-state index contributed by atoms with van der Waals surface area (Å²) in [6, 6.07) is 9.03. The van der Waals surface area contributed by atoms with E-state index in [9.17, 15) is 9.59 Å². The molecule has 2 aromatic rings. The first-order valence-corrected chi connectivity index (χ1v) is 10.3. The number of halogens is 4. The lowest BCUT2D eigenvalue weighted by Gasteiger charge is -2.28. The van der Waals surface area contributed by atoms with Crippen molar-refractivity contribution in [3.63, 3.8) is 0 Å². The Hall–Kier alpha value is -1.66. The number of rotatable bonds is 8. The molecule has 0 aliphatic carbocycles. The van der Waals surface area contributed by atoms with Crippen molar-refractivity contribution in [2.75, 3.05) is 13.2 Å². The molecular formula is C20H20Cl4N2O3. The van der Waals surface area contributed by atoms with E-state index in [2.05, 4.69) is 5.32 Å². The van der Waals surface area contributed by atoms with E-state index in [1.165, 1.54) is 11.0 Å². The van der Waals surface area contributed by atoms with E-state index in [1.54, 1.807) is 44.2 Å². The Bertz CT molecular complexity index is 892. The molecule has 0 heterocycles. The first-order chi connectivity index (χ1) is 13.7. The second-order valence-electron chi connectivity index (χ2n) is 6.20. The number of carbonyl (C=O) groups excluding carboxylic acids is 2. The lowest BCUT2D eigenvalue weighted by molar-refractivity contribution is -0.142. The van der Waals surface area contributed by atoms with Gasteiger partial charge in [0.25, 0.3) is 5.91 Å². The standard InChI is InChI=1S/C20H20Cl4N2O3/c1-3-25-20(28)12(2)26(10-13-4-6-15(22)16(23)8-13)19(27)11-29-18-7-5-14(21)9-17(18)24/h4-9,12H,3,10-11H2,1-2H3,(H,25,28). The second kappa shape index (κ2) is 10.9. The number of ether oxygens (including phenoxy) is 1. The molecule has 5 nitrogen and oxygen atoms in total. The molecule has 0 spiro atoms. The lowest BCUT2D eigenvalue weighted by Crippen LogP contribution is -2.49. The van der Waals surface area contributed by atoms with Crippen LogP contribution in [-0.4, -0.2) is 35.9 Å². The Morgan fingerprint density at radius 3 is 2.38 bits per heavy atom. The zero-order valence-corrected chi connectivity index (χ0v) is 18.9. The van der Waals surface area contributed by atoms with Crippen LogP contribution in [0, 0.1) is 0 Å². The van der Waals surface area contributed by atoms with Crippen LogP contribution in [0.2, 0.25) is 20.1 Å². The smallest absolute Gasteiger partial charge is 0.261 e. The molecule has 2 amide bonds. The predicted octanol–water partition coefficient (Wildman–Crippen LogP) is 5.23. The number of amides is 2. The normalized spacial score (nSPS) is 11.7. The molecule has 0 fully saturated rings. The number of nitrogens with one attached hydrogen (secondary N) is 1. The van der Waals surface area contributed by atoms with Crippen molar-refractivity contribution < 1.29 is 14.3 Å². The molecule has 2 rings (SSSR count). The van der Waals surface area contributed by atoms with Crippen LogP contribution in [0.3, 0.4) is 0 Å². The summed E-state index contributed by atoms with van der Waals surface area (Å²) >= 11 is 24.0. The van der Waals surface area contributed by atoms with Gasteiger partial charge in [-0.25, -0.2) is 0 Å². The molecule has 9 heteroatoms. The van der Waals surface area contributed by atoms with Crippen molar-refractivity contribution in [2.45, 2.75) is 26.4 Å². The minimum absolute atomic E-state index is 0.158. The van der Waals surface area contributed by atoms with Gasteiger partial charge in [0.2, 0.25) is 5.91 Å². The minimum Gasteiger partial charge on any atom is -0.482 e. The monoisotopic (exact) mass is 476 g/mol. The van der Waals surface area contributed by atoms with Crippen LogP contribution in [0.5, 0.6) is 5.75 Å². The summed E-state index contributed by atoms with van der Waals surface area (Å²) in [4.78, 5) is 26.6. The fraction of sp³-hybridized carbons (Fsp3) is 0.300. The number of hydrogen-bond donors (Lipinski definition) is 1. The Kier molecular flexibility index (Phi) is 8.90. The highest BCUT2D eigenvalue weighted by Gasteiger charge is 2.26. The van der Waals surface area contributed by atoms with Crippen molar-refractivity contribution in [2.24, 2.45) is 0 Å². The number of likely N-dealkylation sites (N-methyl/N-ethyl adjacent to an activating group) is 1. The summed E-state index contributed by atoms with van der Waals surface area (Å²) in [5.41, 5.74) is 0.730. The molecule has 0 saturated heterocycles. The van der Waals surface area contributed by atoms with Gasteiger partial charge in [-0.3, -0.25) is 9.59 Å². The number of hydrogen-bond acceptors (Lipinski definition) is 3. The molecular weight excluding hydrogens is 458 g/mol. The fourth-order valence-corrected chi connectivity index (χ4v) is 3.34. The van der Waals surface area contributed by atoms with Crippen LogP contribution in [0.15, 0.2) is 36.4 Å². The third-order valence-corrected chi connectivity index (χ3v) is 5.37. The topological polar surface area (TPSA) is 58.6 Å². The van der Waals surface area contributed by atoms with Gasteiger partial charge in [0.15, 0.2) is 6.61 Å². The first kappa shape index (κ1) is 23.6. The zero-order valence-electron chi connectivity index (χ0n) is 15.8. The van der Waals surface area contributed by atoms with E-state index >= 15 is 0 Å². The van der Waals surface area contributed by atoms with Crippen LogP contribution in [-0.2, 0) is 16.1 Å². The van der Waals surface area contributed by atoms with Gasteiger partial charge in [0.1, 0.15) is 11.8 Å². The van der Waals surface area contributed by atoms with E-state index in [-0.39, 0.29) is 30.0 Å². The second-order valence-corrected chi connectivity index (χ2v) is 7.86. The SMILES string of the molecule is CCNC(=O)C(C)N(Cc1ccc(Cl)c(Cl)c1)C(=O)COc1ccc(Cl)cc1Cl. The summed E-state index contributed by atoms with van der Waals surface area (Å²) < 4.78 is 5.54. The first-order valence-electron chi connectivity index (χ1n) is 8.81. The molecule has 0 aromatic heterocycles. The zero-order chi connectivity index (χ0) is 21.6. The van der Waals surface area contributed by atoms with Crippen molar-refractivity contribution in [1.29, 1.82) is 0 Å². The summed E-state index contributed by atoms with van der Waals surface area (Å²) in [7, 11) is 0. The molecule has 0 bridgehead atoms. The molecule has 0 radical (unpaired) electrons. The quantitative estimate of drug-likeness (QED) is 0.566. The van der Waals surface area contributed by atoms with Crippen LogP contribution in [0.25, 0.3) is 0 Å². The average Bonchev–Trinajstić information content (AvgIpc) is 2.67. The predicted molar refractivity (Wildman–Crippen MR) is 117 cm³/mol. The molecule has 0 aliphatic rings. The maximum absolute atomic E-state index is 12.9. The van der Waals surface area contributed by atoms with Crippen molar-refractivity contribution in [3.8, 4) is 5.75 Å². The third-order valence-electron chi connectivity index (χ3n) is 4.10. The fourth-order valence-electron chi connectivity index (χ4n) is 2.55. The molecule has 156 valence electrons. The number of benzene rings is 2. The molecule has 29 heavy (non-hydrogen) atoms. The van der Waals surface area contributed by atoms with Gasteiger partial charge >= 0.3 is 0 Å². The lowest BCUT2D eigenvalue weighted by atomic mass is 10.1. The van der Waals surface area contributed by atoms with Crippen LogP contribution in [0.4, 0.5) is 0 Å². The number of carbonyl (C=O) groups is 2. The van der Waals surface area contributed by atoms with Gasteiger partial charge in [-0.1, -0.05) is 52.5 Å². The maximum Gasteiger partial charge on any atom is 0.261 e. The van der Waals surface area contributed by atoms with E-state index in [0.29, 0.717) is 27.4 Å². The Balaban J connectivity index is 2.19. The summed E-state index contributed by atoms with van der Waals surface area (Å²) in [6.45, 7) is 3.77. The Labute approximate surface area is 189 Å². The third kappa shape index (κ3) is 6.68. The minimum atomic E-state index is -0.721. The molecule has 1 unspecified atom stereocenters. The van der Waals surface area contributed by atoms with Crippen molar-refractivity contribution in [3.05, 3.63) is 62.1 Å². The molecule has 0 aliphatic heterocycles. The van der Waals surface area contributed by atoms with Gasteiger partial charge in [-0.05, 0) is 49.7 Å². The van der Waals surface area contributed by atoms with Crippen LogP contribution in [0.1, 0.15) is 19.4 Å². The summed E-state index contributed by atoms with van der Waals surface area (Å²) in [5, 5.41) is 4.24. The van der Waals surface area contributed by atoms with E-state index < -0.39 is 6.04 Å². The van der Waals surface area contributed by atoms with Crippen LogP contribution < -0.4 is 10.1 Å². The molecule has 1 atom stereocenters. The van der Waals surface area contributed by atoms with Crippen molar-refractivity contribution in [1.82, 2.24) is 10.2 Å². The molecule has 2 aromatic carbocycles. The van der Waals surface area contributed by atoms with Crippen LogP contribution >= 0.6 is 46.4 Å². The van der Waals surface area contributed by atoms with Gasteiger partial charge < -0.3 is 15.0 Å². The Morgan fingerprint density at radius 2 is 1.76 bits per heavy atom. The van der Waals surface area contributed by atoms with Gasteiger partial charge in [-0.2, -0.15) is 0 Å². The highest BCUT2D eigenvalue weighted by molar-refractivity contribution is 6.42. The van der Waals surface area contributed by atoms with E-state index in [4.69, 9.17) is 51.1 Å². The molecule has 0 saturated carbocycles. The van der Waals surface area contributed by atoms with Gasteiger partial charge in [-0.15, -0.1) is 0 Å². The average molecular weight is 478 g/mol. The van der Waals surface area contributed by atoms with Crippen molar-refractivity contribution >= 4 is 58.2 Å². The highest BCUT2D eigenvalue weighted by Crippen LogP contribution is 2.28. The summed E-state index contributed by atoms with van der Waals surface area (Å²) in [5.74, 6) is -0.337. The van der Waals surface area contributed by atoms with Gasteiger partial charge in [0.05, 0.1) is 15.1 Å². The Morgan fingerprint density at radius 1 is 1.03 bits per heavy atom. The van der Waals surface area contributed by atoms with Gasteiger partial charge in [0, 0.05) is 18.1 Å². The number of nitrogens with zero attached hydrogens (tertiary/aromatic N) is 1.